The SMILES string of the molecule is CC[C@H](NC(=O)CC[C@H](CC(=O)COCCOCCNC(=O)CC[C@H](CC(=O)CCCCCCCCCCCCCCCCC(=O)C(=O)O)C(=O)O)C(=O)O)C(=O)O. The topological polar surface area (TPSA) is 277 Å². The van der Waals surface area contributed by atoms with Gasteiger partial charge in [-0.3, -0.25) is 33.6 Å². The second kappa shape index (κ2) is 34.8. The predicted molar refractivity (Wildman–Crippen MR) is 211 cm³/mol. The molecular weight excluding hydrogens is 760 g/mol. The summed E-state index contributed by atoms with van der Waals surface area (Å²) in [5, 5.41) is 41.5. The fraction of sp³-hybridized carbons (Fsp3) is 0.780. The molecule has 58 heavy (non-hydrogen) atoms. The largest absolute Gasteiger partial charge is 0.481 e. The molecule has 0 aliphatic carbocycles. The first kappa shape index (κ1) is 53.8. The second-order valence-electron chi connectivity index (χ2n) is 14.7. The molecular formula is C41H68N2O15. The molecule has 0 radical (unpaired) electrons. The van der Waals surface area contributed by atoms with Gasteiger partial charge in [-0.1, -0.05) is 84.0 Å². The Morgan fingerprint density at radius 2 is 0.948 bits per heavy atom. The van der Waals surface area contributed by atoms with Gasteiger partial charge in [0.1, 0.15) is 18.4 Å². The third-order valence-corrected chi connectivity index (χ3v) is 9.68. The first-order valence-corrected chi connectivity index (χ1v) is 20.9. The van der Waals surface area contributed by atoms with E-state index in [-0.39, 0.29) is 96.0 Å². The summed E-state index contributed by atoms with van der Waals surface area (Å²) < 4.78 is 10.6. The number of carbonyl (C=O) groups excluding carboxylic acids is 5. The molecule has 0 saturated heterocycles. The Kier molecular flexibility index (Phi) is 32.2. The molecule has 0 saturated carbocycles. The van der Waals surface area contributed by atoms with Crippen LogP contribution in [0.4, 0.5) is 0 Å². The zero-order chi connectivity index (χ0) is 43.6. The fourth-order valence-electron chi connectivity index (χ4n) is 6.14. The Morgan fingerprint density at radius 3 is 1.41 bits per heavy atom. The number of nitrogens with one attached hydrogen (secondary N) is 2. The Bertz CT molecular complexity index is 1270. The number of aliphatic carboxylic acids is 4. The summed E-state index contributed by atoms with van der Waals surface area (Å²) in [7, 11) is 0. The predicted octanol–water partition coefficient (Wildman–Crippen LogP) is 4.89. The first-order valence-electron chi connectivity index (χ1n) is 20.9. The standard InChI is InChI=1S/C41H68N2O15/c1-2-34(40(53)54)43-37(48)22-20-31(39(51)52)28-33(45)29-58-26-25-57-24-23-42-36(47)21-19-30(38(49)50)27-32(44)17-15-13-11-9-7-5-3-4-6-8-10-12-14-16-18-35(46)41(55)56/h30-31,34H,2-29H2,1H3,(H,42,47)(H,43,48)(H,49,50)(H,51,52)(H,53,54)(H,55,56)/t30-,31-,34+/m1/s1. The van der Waals surface area contributed by atoms with Gasteiger partial charge >= 0.3 is 23.9 Å². The van der Waals surface area contributed by atoms with E-state index < -0.39 is 59.2 Å². The number of rotatable bonds is 41. The van der Waals surface area contributed by atoms with Gasteiger partial charge in [-0.15, -0.1) is 0 Å². The first-order chi connectivity index (χ1) is 27.7. The lowest BCUT2D eigenvalue weighted by molar-refractivity contribution is -0.149. The molecule has 0 aromatic rings. The maximum atomic E-state index is 12.4. The van der Waals surface area contributed by atoms with Crippen molar-refractivity contribution in [3.05, 3.63) is 0 Å². The van der Waals surface area contributed by atoms with Crippen molar-refractivity contribution in [3.8, 4) is 0 Å². The van der Waals surface area contributed by atoms with Gasteiger partial charge < -0.3 is 40.5 Å². The molecule has 0 unspecified atom stereocenters. The highest BCUT2D eigenvalue weighted by molar-refractivity contribution is 6.32. The number of ether oxygens (including phenoxy) is 2. The van der Waals surface area contributed by atoms with Crippen LogP contribution in [0.15, 0.2) is 0 Å². The zero-order valence-electron chi connectivity index (χ0n) is 34.3. The third kappa shape index (κ3) is 30.8. The van der Waals surface area contributed by atoms with Crippen LogP contribution in [0.5, 0.6) is 0 Å². The summed E-state index contributed by atoms with van der Waals surface area (Å²) in [5.41, 5.74) is 0. The van der Waals surface area contributed by atoms with Gasteiger partial charge in [0, 0.05) is 45.1 Å². The van der Waals surface area contributed by atoms with Crippen molar-refractivity contribution in [3.63, 3.8) is 0 Å². The van der Waals surface area contributed by atoms with E-state index in [1.807, 2.05) is 0 Å². The molecule has 0 aromatic carbocycles. The lowest BCUT2D eigenvalue weighted by Crippen LogP contribution is -2.40. The Morgan fingerprint density at radius 1 is 0.500 bits per heavy atom. The van der Waals surface area contributed by atoms with Gasteiger partial charge in [0.15, 0.2) is 5.78 Å². The molecule has 3 atom stereocenters. The Hall–Kier alpha value is -4.25. The van der Waals surface area contributed by atoms with Crippen LogP contribution in [0.1, 0.15) is 155 Å². The van der Waals surface area contributed by atoms with Crippen LogP contribution in [0.25, 0.3) is 0 Å². The van der Waals surface area contributed by atoms with Crippen molar-refractivity contribution in [2.45, 2.75) is 161 Å². The van der Waals surface area contributed by atoms with Crippen LogP contribution in [0, 0.1) is 11.8 Å². The molecule has 17 heteroatoms. The van der Waals surface area contributed by atoms with E-state index >= 15 is 0 Å². The normalized spacial score (nSPS) is 12.6. The lowest BCUT2D eigenvalue weighted by Gasteiger charge is -2.14. The molecule has 332 valence electrons. The highest BCUT2D eigenvalue weighted by atomic mass is 16.5. The van der Waals surface area contributed by atoms with Gasteiger partial charge in [0.2, 0.25) is 17.6 Å². The molecule has 0 bridgehead atoms. The molecule has 0 fully saturated rings. The summed E-state index contributed by atoms with van der Waals surface area (Å²) in [4.78, 5) is 105. The van der Waals surface area contributed by atoms with E-state index in [0.29, 0.717) is 19.3 Å². The number of unbranched alkanes of at least 4 members (excludes halogenated alkanes) is 13. The number of hydrogen-bond donors (Lipinski definition) is 6. The molecule has 0 rings (SSSR count). The van der Waals surface area contributed by atoms with Crippen molar-refractivity contribution in [2.75, 3.05) is 33.0 Å². The van der Waals surface area contributed by atoms with E-state index in [0.717, 1.165) is 51.4 Å². The lowest BCUT2D eigenvalue weighted by atomic mass is 9.94. The van der Waals surface area contributed by atoms with Gasteiger partial charge in [-0.2, -0.15) is 0 Å². The third-order valence-electron chi connectivity index (χ3n) is 9.68. The minimum Gasteiger partial charge on any atom is -0.481 e. The summed E-state index contributed by atoms with van der Waals surface area (Å²) in [6.07, 6.45) is 14.1. The van der Waals surface area contributed by atoms with E-state index in [9.17, 15) is 53.4 Å². The molecule has 0 aliphatic heterocycles. The van der Waals surface area contributed by atoms with E-state index in [1.54, 1.807) is 6.92 Å². The van der Waals surface area contributed by atoms with Gasteiger partial charge in [-0.05, 0) is 32.1 Å². The highest BCUT2D eigenvalue weighted by Gasteiger charge is 2.24. The Balaban J connectivity index is 3.91. The number of amides is 2. The molecule has 0 aliphatic rings. The molecule has 17 nitrogen and oxygen atoms in total. The average molecular weight is 829 g/mol. The maximum absolute atomic E-state index is 12.4. The van der Waals surface area contributed by atoms with Crippen LogP contribution < -0.4 is 10.6 Å². The maximum Gasteiger partial charge on any atom is 0.372 e. The molecule has 2 amide bonds. The van der Waals surface area contributed by atoms with Crippen LogP contribution in [0.3, 0.4) is 0 Å². The van der Waals surface area contributed by atoms with Crippen molar-refractivity contribution in [2.24, 2.45) is 11.8 Å². The van der Waals surface area contributed by atoms with Crippen LogP contribution in [0.2, 0.25) is 0 Å². The Labute approximate surface area is 341 Å². The summed E-state index contributed by atoms with van der Waals surface area (Å²) in [5.74, 6) is -9.29. The number of carbonyl (C=O) groups is 9. The second-order valence-corrected chi connectivity index (χ2v) is 14.7. The van der Waals surface area contributed by atoms with E-state index in [1.165, 1.54) is 25.7 Å². The minimum absolute atomic E-state index is 0.0265. The molecule has 0 spiro atoms. The van der Waals surface area contributed by atoms with Crippen molar-refractivity contribution >= 4 is 53.0 Å². The van der Waals surface area contributed by atoms with Crippen molar-refractivity contribution in [1.29, 1.82) is 0 Å². The highest BCUT2D eigenvalue weighted by Crippen LogP contribution is 2.17. The van der Waals surface area contributed by atoms with Gasteiger partial charge in [-0.25, -0.2) is 9.59 Å². The molecule has 6 N–H and O–H groups in total. The van der Waals surface area contributed by atoms with Crippen LogP contribution >= 0.6 is 0 Å². The van der Waals surface area contributed by atoms with Gasteiger partial charge in [0.05, 0.1) is 31.7 Å². The summed E-state index contributed by atoms with van der Waals surface area (Å²) >= 11 is 0. The number of carboxylic acids is 4. The van der Waals surface area contributed by atoms with Crippen LogP contribution in [-0.2, 0) is 52.6 Å². The minimum atomic E-state index is -1.35. The average Bonchev–Trinajstić information content (AvgIpc) is 3.17. The van der Waals surface area contributed by atoms with Crippen molar-refractivity contribution < 1.29 is 73.1 Å². The number of ketones is 3. The number of carboxylic acid groups (broad SMARTS) is 4. The summed E-state index contributed by atoms with van der Waals surface area (Å²) in [6, 6.07) is -1.07. The quantitative estimate of drug-likeness (QED) is 0.0354. The monoisotopic (exact) mass is 828 g/mol. The fourth-order valence-corrected chi connectivity index (χ4v) is 6.14. The zero-order valence-corrected chi connectivity index (χ0v) is 34.3. The van der Waals surface area contributed by atoms with E-state index in [4.69, 9.17) is 19.7 Å². The van der Waals surface area contributed by atoms with Crippen LogP contribution in [-0.4, -0.2) is 112 Å². The van der Waals surface area contributed by atoms with E-state index in [2.05, 4.69) is 10.6 Å². The van der Waals surface area contributed by atoms with Crippen molar-refractivity contribution in [1.82, 2.24) is 10.6 Å². The summed E-state index contributed by atoms with van der Waals surface area (Å²) in [6.45, 7) is 1.62. The molecule has 0 aromatic heterocycles. The number of hydrogen-bond acceptors (Lipinski definition) is 11. The van der Waals surface area contributed by atoms with Gasteiger partial charge in [0.25, 0.3) is 0 Å². The molecule has 0 heterocycles. The smallest absolute Gasteiger partial charge is 0.372 e. The number of Topliss-reactive ketones (excluding diaryl/α,β-unsaturated/α-hetero) is 3.